The van der Waals surface area contributed by atoms with E-state index in [0.29, 0.717) is 25.9 Å². The lowest BCUT2D eigenvalue weighted by Gasteiger charge is -1.92. The minimum Gasteiger partial charge on any atom is -0.478 e. The van der Waals surface area contributed by atoms with Crippen molar-refractivity contribution in [2.24, 2.45) is 0 Å². The summed E-state index contributed by atoms with van der Waals surface area (Å²) >= 11 is 0. The van der Waals surface area contributed by atoms with Gasteiger partial charge in [0, 0.05) is 6.08 Å². The molecule has 11 heavy (non-hydrogen) atoms. The third-order valence-electron chi connectivity index (χ3n) is 0.961. The van der Waals surface area contributed by atoms with Crippen LogP contribution in [0, 0.1) is 0 Å². The van der Waals surface area contributed by atoms with Crippen molar-refractivity contribution in [3.63, 3.8) is 0 Å². The molecule has 0 aliphatic heterocycles. The SMILES string of the molecule is O=COCCCC=CC(=O)O. The molecule has 0 heterocycles. The van der Waals surface area contributed by atoms with Crippen LogP contribution < -0.4 is 0 Å². The van der Waals surface area contributed by atoms with Gasteiger partial charge in [0.2, 0.25) is 0 Å². The second-order valence-electron chi connectivity index (χ2n) is 1.85. The standard InChI is InChI=1S/C7H10O4/c8-6-11-5-3-1-2-4-7(9)10/h2,4,6H,1,3,5H2,(H,9,10). The van der Waals surface area contributed by atoms with Gasteiger partial charge in [-0.3, -0.25) is 4.79 Å². The molecule has 0 rings (SSSR count). The molecule has 0 atom stereocenters. The lowest BCUT2D eigenvalue weighted by Crippen LogP contribution is -1.90. The number of carboxylic acids is 1. The number of carbonyl (C=O) groups is 2. The van der Waals surface area contributed by atoms with E-state index in [-0.39, 0.29) is 0 Å². The van der Waals surface area contributed by atoms with Crippen molar-refractivity contribution in [2.75, 3.05) is 6.61 Å². The van der Waals surface area contributed by atoms with Crippen molar-refractivity contribution in [1.82, 2.24) is 0 Å². The predicted octanol–water partition coefficient (Wildman–Crippen LogP) is 0.580. The van der Waals surface area contributed by atoms with Crippen LogP contribution in [-0.2, 0) is 14.3 Å². The van der Waals surface area contributed by atoms with E-state index in [1.54, 1.807) is 0 Å². The summed E-state index contributed by atoms with van der Waals surface area (Å²) in [5.74, 6) is -0.957. The molecule has 0 aromatic heterocycles. The lowest BCUT2D eigenvalue weighted by atomic mass is 10.3. The molecule has 62 valence electrons. The molecule has 0 aromatic carbocycles. The Morgan fingerprint density at radius 3 is 2.82 bits per heavy atom. The van der Waals surface area contributed by atoms with Gasteiger partial charge in [-0.05, 0) is 12.8 Å². The smallest absolute Gasteiger partial charge is 0.327 e. The van der Waals surface area contributed by atoms with Crippen LogP contribution in [0.25, 0.3) is 0 Å². The number of hydrogen-bond acceptors (Lipinski definition) is 3. The first-order valence-corrected chi connectivity index (χ1v) is 3.22. The summed E-state index contributed by atoms with van der Waals surface area (Å²) in [5.41, 5.74) is 0. The molecule has 0 saturated carbocycles. The summed E-state index contributed by atoms with van der Waals surface area (Å²) in [6, 6.07) is 0. The van der Waals surface area contributed by atoms with Gasteiger partial charge >= 0.3 is 5.97 Å². The quantitative estimate of drug-likeness (QED) is 0.349. The first-order chi connectivity index (χ1) is 5.27. The highest BCUT2D eigenvalue weighted by molar-refractivity contribution is 5.79. The van der Waals surface area contributed by atoms with E-state index in [4.69, 9.17) is 5.11 Å². The molecule has 0 aliphatic rings. The fourth-order valence-electron chi connectivity index (χ4n) is 0.517. The van der Waals surface area contributed by atoms with Gasteiger partial charge in [0.05, 0.1) is 6.61 Å². The molecule has 0 amide bonds. The molecule has 0 aliphatic carbocycles. The fraction of sp³-hybridized carbons (Fsp3) is 0.429. The van der Waals surface area contributed by atoms with E-state index in [1.165, 1.54) is 6.08 Å². The molecule has 0 spiro atoms. The van der Waals surface area contributed by atoms with Crippen LogP contribution in [0.5, 0.6) is 0 Å². The van der Waals surface area contributed by atoms with Crippen molar-refractivity contribution >= 4 is 12.4 Å². The molecule has 0 saturated heterocycles. The molecule has 1 N–H and O–H groups in total. The summed E-state index contributed by atoms with van der Waals surface area (Å²) in [6.07, 6.45) is 3.86. The van der Waals surface area contributed by atoms with Crippen molar-refractivity contribution in [2.45, 2.75) is 12.8 Å². The topological polar surface area (TPSA) is 63.6 Å². The zero-order valence-corrected chi connectivity index (χ0v) is 6.03. The summed E-state index contributed by atoms with van der Waals surface area (Å²) < 4.78 is 4.38. The minimum atomic E-state index is -0.957. The second-order valence-corrected chi connectivity index (χ2v) is 1.85. The van der Waals surface area contributed by atoms with Crippen LogP contribution in [0.15, 0.2) is 12.2 Å². The monoisotopic (exact) mass is 158 g/mol. The Bertz CT molecular complexity index is 151. The second kappa shape index (κ2) is 6.80. The van der Waals surface area contributed by atoms with Gasteiger partial charge in [-0.15, -0.1) is 0 Å². The number of rotatable bonds is 6. The zero-order chi connectivity index (χ0) is 8.53. The highest BCUT2D eigenvalue weighted by atomic mass is 16.5. The number of carbonyl (C=O) groups excluding carboxylic acids is 1. The van der Waals surface area contributed by atoms with Crippen molar-refractivity contribution in [3.8, 4) is 0 Å². The Labute approximate surface area is 64.5 Å². The van der Waals surface area contributed by atoms with Gasteiger partial charge in [-0.2, -0.15) is 0 Å². The van der Waals surface area contributed by atoms with Crippen LogP contribution in [0.1, 0.15) is 12.8 Å². The Hall–Kier alpha value is -1.32. The first-order valence-electron chi connectivity index (χ1n) is 3.22. The maximum absolute atomic E-state index is 9.91. The number of carboxylic acid groups (broad SMARTS) is 1. The maximum Gasteiger partial charge on any atom is 0.327 e. The zero-order valence-electron chi connectivity index (χ0n) is 6.03. The van der Waals surface area contributed by atoms with Crippen molar-refractivity contribution in [3.05, 3.63) is 12.2 Å². The highest BCUT2D eigenvalue weighted by Crippen LogP contribution is 1.90. The van der Waals surface area contributed by atoms with Gasteiger partial charge in [-0.1, -0.05) is 6.08 Å². The summed E-state index contributed by atoms with van der Waals surface area (Å²) in [6.45, 7) is 0.717. The molecule has 0 unspecified atom stereocenters. The predicted molar refractivity (Wildman–Crippen MR) is 38.0 cm³/mol. The van der Waals surface area contributed by atoms with Crippen LogP contribution in [0.3, 0.4) is 0 Å². The van der Waals surface area contributed by atoms with E-state index in [1.807, 2.05) is 0 Å². The van der Waals surface area contributed by atoms with Gasteiger partial charge in [0.1, 0.15) is 0 Å². The molecule has 4 nitrogen and oxygen atoms in total. The van der Waals surface area contributed by atoms with Crippen molar-refractivity contribution < 1.29 is 19.4 Å². The molecular formula is C7H10O4. The number of hydrogen-bond donors (Lipinski definition) is 1. The summed E-state index contributed by atoms with van der Waals surface area (Å²) in [7, 11) is 0. The average Bonchev–Trinajstić information content (AvgIpc) is 1.96. The Morgan fingerprint density at radius 1 is 1.55 bits per heavy atom. The van der Waals surface area contributed by atoms with Crippen LogP contribution >= 0.6 is 0 Å². The number of allylic oxidation sites excluding steroid dienone is 1. The third kappa shape index (κ3) is 8.68. The van der Waals surface area contributed by atoms with Crippen LogP contribution in [0.4, 0.5) is 0 Å². The van der Waals surface area contributed by atoms with Gasteiger partial charge in [-0.25, -0.2) is 4.79 Å². The number of ether oxygens (including phenoxy) is 1. The van der Waals surface area contributed by atoms with E-state index in [9.17, 15) is 9.59 Å². The molecule has 0 radical (unpaired) electrons. The number of unbranched alkanes of at least 4 members (excludes halogenated alkanes) is 1. The van der Waals surface area contributed by atoms with E-state index in [2.05, 4.69) is 4.74 Å². The van der Waals surface area contributed by atoms with Gasteiger partial charge in [0.15, 0.2) is 0 Å². The van der Waals surface area contributed by atoms with E-state index in [0.717, 1.165) is 6.08 Å². The largest absolute Gasteiger partial charge is 0.478 e. The highest BCUT2D eigenvalue weighted by Gasteiger charge is 1.86. The van der Waals surface area contributed by atoms with Crippen LogP contribution in [-0.4, -0.2) is 24.2 Å². The molecule has 0 aromatic rings. The van der Waals surface area contributed by atoms with Gasteiger partial charge < -0.3 is 9.84 Å². The first kappa shape index (κ1) is 9.68. The third-order valence-corrected chi connectivity index (χ3v) is 0.961. The normalized spacial score (nSPS) is 9.82. The minimum absolute atomic E-state index is 0.341. The molecule has 0 fully saturated rings. The fourth-order valence-corrected chi connectivity index (χ4v) is 0.517. The Balaban J connectivity index is 3.13. The molecule has 0 bridgehead atoms. The maximum atomic E-state index is 9.91. The van der Waals surface area contributed by atoms with E-state index >= 15 is 0 Å². The number of aliphatic carboxylic acids is 1. The summed E-state index contributed by atoms with van der Waals surface area (Å²) in [4.78, 5) is 19.5. The lowest BCUT2D eigenvalue weighted by molar-refractivity contribution is -0.131. The van der Waals surface area contributed by atoms with Crippen molar-refractivity contribution in [1.29, 1.82) is 0 Å². The van der Waals surface area contributed by atoms with E-state index < -0.39 is 5.97 Å². The Morgan fingerprint density at radius 2 is 2.27 bits per heavy atom. The Kier molecular flexibility index (Phi) is 5.98. The summed E-state index contributed by atoms with van der Waals surface area (Å²) in [5, 5.41) is 8.14. The average molecular weight is 158 g/mol. The van der Waals surface area contributed by atoms with Crippen LogP contribution in [0.2, 0.25) is 0 Å². The molecule has 4 heteroatoms. The van der Waals surface area contributed by atoms with Gasteiger partial charge in [0.25, 0.3) is 6.47 Å². The molecular weight excluding hydrogens is 148 g/mol.